The third kappa shape index (κ3) is 6.68. The van der Waals surface area contributed by atoms with Gasteiger partial charge < -0.3 is 15.5 Å². The number of aliphatic imine (C=N–C) groups is 1. The first kappa shape index (κ1) is 22.0. The molecule has 1 aromatic rings. The molecule has 0 radical (unpaired) electrons. The SMILES string of the molecule is CCNC(=NCc1ccc(Br)cc1)NC1CCN(C2CCCC2)CC1.I. The number of hydrogen-bond donors (Lipinski definition) is 2. The van der Waals surface area contributed by atoms with Crippen molar-refractivity contribution >= 4 is 45.9 Å². The number of halogens is 2. The van der Waals surface area contributed by atoms with Crippen LogP contribution in [0.5, 0.6) is 0 Å². The van der Waals surface area contributed by atoms with Crippen LogP contribution in [0.25, 0.3) is 0 Å². The molecule has 1 saturated heterocycles. The molecular weight excluding hydrogens is 503 g/mol. The molecule has 0 unspecified atom stereocenters. The van der Waals surface area contributed by atoms with E-state index in [4.69, 9.17) is 4.99 Å². The van der Waals surface area contributed by atoms with Crippen LogP contribution in [-0.2, 0) is 6.54 Å². The zero-order valence-electron chi connectivity index (χ0n) is 15.7. The molecule has 146 valence electrons. The lowest BCUT2D eigenvalue weighted by Gasteiger charge is -2.36. The average Bonchev–Trinajstić information content (AvgIpc) is 3.16. The van der Waals surface area contributed by atoms with Crippen LogP contribution < -0.4 is 10.6 Å². The Morgan fingerprint density at radius 2 is 1.77 bits per heavy atom. The molecule has 1 heterocycles. The molecule has 4 nitrogen and oxygen atoms in total. The Kier molecular flexibility index (Phi) is 9.70. The van der Waals surface area contributed by atoms with Crippen LogP contribution in [0.2, 0.25) is 0 Å². The Morgan fingerprint density at radius 3 is 2.38 bits per heavy atom. The van der Waals surface area contributed by atoms with Gasteiger partial charge in [0.15, 0.2) is 5.96 Å². The minimum absolute atomic E-state index is 0. The number of guanidine groups is 1. The first-order valence-corrected chi connectivity index (χ1v) is 10.6. The molecule has 0 aromatic heterocycles. The van der Waals surface area contributed by atoms with Crippen LogP contribution in [0.15, 0.2) is 33.7 Å². The largest absolute Gasteiger partial charge is 0.357 e. The number of likely N-dealkylation sites (tertiary alicyclic amines) is 1. The number of nitrogens with zero attached hydrogens (tertiary/aromatic N) is 2. The topological polar surface area (TPSA) is 39.7 Å². The van der Waals surface area contributed by atoms with E-state index in [1.54, 1.807) is 0 Å². The Morgan fingerprint density at radius 1 is 1.12 bits per heavy atom. The second kappa shape index (κ2) is 11.5. The molecule has 1 aliphatic carbocycles. The molecule has 0 spiro atoms. The Labute approximate surface area is 183 Å². The molecule has 0 amide bonds. The van der Waals surface area contributed by atoms with Crippen molar-refractivity contribution in [1.82, 2.24) is 15.5 Å². The van der Waals surface area contributed by atoms with Crippen molar-refractivity contribution in [2.45, 2.75) is 64.1 Å². The van der Waals surface area contributed by atoms with Crippen LogP contribution in [0, 0.1) is 0 Å². The van der Waals surface area contributed by atoms with Gasteiger partial charge in [-0.05, 0) is 50.3 Å². The zero-order chi connectivity index (χ0) is 17.5. The summed E-state index contributed by atoms with van der Waals surface area (Å²) in [5.74, 6) is 0.949. The molecule has 0 bridgehead atoms. The molecule has 26 heavy (non-hydrogen) atoms. The van der Waals surface area contributed by atoms with Gasteiger partial charge in [0.2, 0.25) is 0 Å². The van der Waals surface area contributed by atoms with Crippen molar-refractivity contribution in [1.29, 1.82) is 0 Å². The third-order valence-electron chi connectivity index (χ3n) is 5.39. The fourth-order valence-corrected chi connectivity index (χ4v) is 4.22. The summed E-state index contributed by atoms with van der Waals surface area (Å²) in [5, 5.41) is 7.05. The van der Waals surface area contributed by atoms with Gasteiger partial charge in [-0.2, -0.15) is 0 Å². The summed E-state index contributed by atoms with van der Waals surface area (Å²) in [4.78, 5) is 7.49. The number of rotatable bonds is 5. The predicted octanol–water partition coefficient (Wildman–Crippen LogP) is 4.53. The van der Waals surface area contributed by atoms with Crippen LogP contribution in [0.3, 0.4) is 0 Å². The van der Waals surface area contributed by atoms with E-state index in [9.17, 15) is 0 Å². The molecule has 6 heteroatoms. The summed E-state index contributed by atoms with van der Waals surface area (Å²) in [6.07, 6.45) is 8.12. The van der Waals surface area contributed by atoms with Gasteiger partial charge in [-0.15, -0.1) is 24.0 Å². The van der Waals surface area contributed by atoms with Gasteiger partial charge in [0.25, 0.3) is 0 Å². The van der Waals surface area contributed by atoms with E-state index in [0.717, 1.165) is 23.0 Å². The van der Waals surface area contributed by atoms with Gasteiger partial charge in [-0.25, -0.2) is 4.99 Å². The van der Waals surface area contributed by atoms with Crippen molar-refractivity contribution in [3.63, 3.8) is 0 Å². The maximum absolute atomic E-state index is 4.77. The van der Waals surface area contributed by atoms with Crippen LogP contribution in [-0.4, -0.2) is 42.6 Å². The number of nitrogens with one attached hydrogen (secondary N) is 2. The first-order valence-electron chi connectivity index (χ1n) is 9.78. The summed E-state index contributed by atoms with van der Waals surface area (Å²) in [6.45, 7) is 6.19. The van der Waals surface area contributed by atoms with Gasteiger partial charge in [0, 0.05) is 36.2 Å². The summed E-state index contributed by atoms with van der Waals surface area (Å²) < 4.78 is 1.11. The van der Waals surface area contributed by atoms with Crippen LogP contribution in [0.1, 0.15) is 51.0 Å². The van der Waals surface area contributed by atoms with Gasteiger partial charge in [0.1, 0.15) is 0 Å². The molecule has 0 atom stereocenters. The van der Waals surface area contributed by atoms with Gasteiger partial charge in [-0.1, -0.05) is 40.9 Å². The molecule has 1 aliphatic heterocycles. The monoisotopic (exact) mass is 534 g/mol. The van der Waals surface area contributed by atoms with Crippen molar-refractivity contribution in [2.75, 3.05) is 19.6 Å². The Balaban J connectivity index is 0.00000243. The summed E-state index contributed by atoms with van der Waals surface area (Å²) in [6, 6.07) is 9.79. The summed E-state index contributed by atoms with van der Waals surface area (Å²) in [7, 11) is 0. The van der Waals surface area contributed by atoms with E-state index in [0.29, 0.717) is 12.6 Å². The lowest BCUT2D eigenvalue weighted by Crippen LogP contribution is -2.50. The summed E-state index contributed by atoms with van der Waals surface area (Å²) >= 11 is 3.48. The Hall–Kier alpha value is -0.340. The van der Waals surface area contributed by atoms with Crippen molar-refractivity contribution < 1.29 is 0 Å². The fourth-order valence-electron chi connectivity index (χ4n) is 3.95. The Bertz CT molecular complexity index is 549. The van der Waals surface area contributed by atoms with Crippen LogP contribution >= 0.6 is 39.9 Å². The second-order valence-electron chi connectivity index (χ2n) is 7.21. The highest BCUT2D eigenvalue weighted by Crippen LogP contribution is 2.26. The lowest BCUT2D eigenvalue weighted by molar-refractivity contribution is 0.150. The quantitative estimate of drug-likeness (QED) is 0.331. The fraction of sp³-hybridized carbons (Fsp3) is 0.650. The van der Waals surface area contributed by atoms with Gasteiger partial charge in [0.05, 0.1) is 6.54 Å². The van der Waals surface area contributed by atoms with Crippen molar-refractivity contribution in [3.8, 4) is 0 Å². The van der Waals surface area contributed by atoms with Gasteiger partial charge >= 0.3 is 0 Å². The second-order valence-corrected chi connectivity index (χ2v) is 8.13. The molecular formula is C20H32BrIN4. The normalized spacial score (nSPS) is 20.0. The van der Waals surface area contributed by atoms with E-state index in [1.165, 1.54) is 57.2 Å². The van der Waals surface area contributed by atoms with E-state index in [1.807, 2.05) is 0 Å². The number of benzene rings is 1. The molecule has 3 rings (SSSR count). The maximum atomic E-state index is 4.77. The minimum Gasteiger partial charge on any atom is -0.357 e. The molecule has 2 fully saturated rings. The highest BCUT2D eigenvalue weighted by atomic mass is 127. The maximum Gasteiger partial charge on any atom is 0.191 e. The van der Waals surface area contributed by atoms with E-state index in [2.05, 4.69) is 62.7 Å². The van der Waals surface area contributed by atoms with E-state index in [-0.39, 0.29) is 24.0 Å². The molecule has 1 aromatic carbocycles. The lowest BCUT2D eigenvalue weighted by atomic mass is 10.0. The van der Waals surface area contributed by atoms with Crippen molar-refractivity contribution in [3.05, 3.63) is 34.3 Å². The number of hydrogen-bond acceptors (Lipinski definition) is 2. The molecule has 2 aliphatic rings. The average molecular weight is 535 g/mol. The van der Waals surface area contributed by atoms with Crippen molar-refractivity contribution in [2.24, 2.45) is 4.99 Å². The minimum atomic E-state index is 0. The molecule has 1 saturated carbocycles. The highest BCUT2D eigenvalue weighted by Gasteiger charge is 2.27. The smallest absolute Gasteiger partial charge is 0.191 e. The third-order valence-corrected chi connectivity index (χ3v) is 5.92. The zero-order valence-corrected chi connectivity index (χ0v) is 19.6. The number of piperidine rings is 1. The molecule has 2 N–H and O–H groups in total. The standard InChI is InChI=1S/C20H31BrN4.HI/c1-2-22-20(23-15-16-7-9-17(21)10-8-16)24-18-11-13-25(14-12-18)19-5-3-4-6-19;/h7-10,18-19H,2-6,11-15H2,1H3,(H2,22,23,24);1H. The predicted molar refractivity (Wildman–Crippen MR) is 124 cm³/mol. The summed E-state index contributed by atoms with van der Waals surface area (Å²) in [5.41, 5.74) is 1.23. The van der Waals surface area contributed by atoms with E-state index < -0.39 is 0 Å². The van der Waals surface area contributed by atoms with Crippen LogP contribution in [0.4, 0.5) is 0 Å². The van der Waals surface area contributed by atoms with Gasteiger partial charge in [-0.3, -0.25) is 0 Å². The first-order chi connectivity index (χ1) is 12.2. The highest BCUT2D eigenvalue weighted by molar-refractivity contribution is 14.0. The van der Waals surface area contributed by atoms with E-state index >= 15 is 0 Å².